The Morgan fingerprint density at radius 3 is 2.63 bits per heavy atom. The van der Waals surface area contributed by atoms with Crippen molar-refractivity contribution in [3.8, 4) is 11.5 Å². The zero-order valence-corrected chi connectivity index (χ0v) is 15.7. The van der Waals surface area contributed by atoms with Gasteiger partial charge in [-0.1, -0.05) is 0 Å². The molecule has 1 saturated heterocycles. The van der Waals surface area contributed by atoms with Gasteiger partial charge in [0.2, 0.25) is 5.43 Å². The monoisotopic (exact) mass is 368 g/mol. The largest absolute Gasteiger partial charge is 0.453 e. The maximum Gasteiger partial charge on any atom is 0.210 e. The molecular formula is C20H24N4O3. The number of fused-ring (bicyclic) bond motifs is 2. The fraction of sp³-hybridized carbons (Fsp3) is 0.400. The van der Waals surface area contributed by atoms with Crippen LogP contribution in [-0.2, 0) is 0 Å². The molecule has 7 heteroatoms. The lowest BCUT2D eigenvalue weighted by Crippen LogP contribution is -2.47. The zero-order valence-electron chi connectivity index (χ0n) is 15.7. The van der Waals surface area contributed by atoms with Gasteiger partial charge in [0.25, 0.3) is 0 Å². The molecule has 2 aliphatic heterocycles. The Kier molecular flexibility index (Phi) is 4.72. The second-order valence-corrected chi connectivity index (χ2v) is 7.10. The Labute approximate surface area is 157 Å². The lowest BCUT2D eigenvalue weighted by atomic mass is 10.1. The van der Waals surface area contributed by atoms with E-state index in [1.807, 2.05) is 43.3 Å². The van der Waals surface area contributed by atoms with Crippen LogP contribution in [0, 0.1) is 0 Å². The number of piperazine rings is 1. The fourth-order valence-corrected chi connectivity index (χ4v) is 3.50. The van der Waals surface area contributed by atoms with Crippen molar-refractivity contribution in [1.29, 1.82) is 0 Å². The number of β-amino-alcohol motifs (C(OH)–C–C–N with tert-alkyl or cyclic N) is 1. The van der Waals surface area contributed by atoms with Gasteiger partial charge in [-0.25, -0.2) is 4.98 Å². The van der Waals surface area contributed by atoms with E-state index in [9.17, 15) is 4.79 Å². The van der Waals surface area contributed by atoms with Crippen LogP contribution in [0.1, 0.15) is 0 Å². The number of aliphatic hydroxyl groups is 1. The van der Waals surface area contributed by atoms with Gasteiger partial charge in [0, 0.05) is 76.4 Å². The molecule has 0 saturated carbocycles. The zero-order chi connectivity index (χ0) is 19.0. The van der Waals surface area contributed by atoms with Crippen LogP contribution in [0.5, 0.6) is 0 Å². The summed E-state index contributed by atoms with van der Waals surface area (Å²) in [6, 6.07) is 9.33. The Morgan fingerprint density at radius 1 is 1.15 bits per heavy atom. The van der Waals surface area contributed by atoms with Crippen LogP contribution in [0.3, 0.4) is 0 Å². The van der Waals surface area contributed by atoms with Crippen LogP contribution < -0.4 is 15.2 Å². The molecule has 0 bridgehead atoms. The molecule has 0 radical (unpaired) electrons. The number of anilines is 2. The molecule has 1 fully saturated rings. The van der Waals surface area contributed by atoms with Crippen molar-refractivity contribution in [3.05, 3.63) is 40.6 Å². The third-order valence-corrected chi connectivity index (χ3v) is 5.09. The summed E-state index contributed by atoms with van der Waals surface area (Å²) in [6.07, 6.45) is 0. The van der Waals surface area contributed by atoms with Crippen molar-refractivity contribution >= 4 is 22.5 Å². The van der Waals surface area contributed by atoms with Crippen molar-refractivity contribution in [2.45, 2.75) is 0 Å². The van der Waals surface area contributed by atoms with Gasteiger partial charge < -0.3 is 19.3 Å². The van der Waals surface area contributed by atoms with Gasteiger partial charge in [-0.3, -0.25) is 9.69 Å². The molecular weight excluding hydrogens is 344 g/mol. The molecule has 0 unspecified atom stereocenters. The van der Waals surface area contributed by atoms with Gasteiger partial charge in [0.05, 0.1) is 6.61 Å². The minimum Gasteiger partial charge on any atom is -0.453 e. The molecule has 1 aliphatic carbocycles. The second-order valence-electron chi connectivity index (χ2n) is 7.10. The lowest BCUT2D eigenvalue weighted by Gasteiger charge is -2.35. The lowest BCUT2D eigenvalue weighted by molar-refractivity contribution is 0.189. The number of hydrogen-bond donors (Lipinski definition) is 1. The van der Waals surface area contributed by atoms with E-state index >= 15 is 0 Å². The minimum atomic E-state index is -0.123. The molecule has 2 heterocycles. The van der Waals surface area contributed by atoms with Gasteiger partial charge in [-0.2, -0.15) is 0 Å². The van der Waals surface area contributed by atoms with Crippen LogP contribution in [-0.4, -0.2) is 68.4 Å². The first kappa shape index (κ1) is 17.8. The molecule has 1 aromatic rings. The molecule has 0 aromatic heterocycles. The topological polar surface area (TPSA) is 73.1 Å². The maximum atomic E-state index is 12.6. The molecule has 1 N–H and O–H groups in total. The van der Waals surface area contributed by atoms with Crippen molar-refractivity contribution in [3.63, 3.8) is 0 Å². The van der Waals surface area contributed by atoms with Crippen molar-refractivity contribution in [1.82, 2.24) is 9.88 Å². The predicted molar refractivity (Wildman–Crippen MR) is 107 cm³/mol. The Hall–Kier alpha value is -2.64. The normalized spacial score (nSPS) is 15.6. The summed E-state index contributed by atoms with van der Waals surface area (Å²) in [5.74, 6) is 0.513. The Bertz CT molecular complexity index is 977. The minimum absolute atomic E-state index is 0.123. The summed E-state index contributed by atoms with van der Waals surface area (Å²) in [5.41, 5.74) is 3.47. The van der Waals surface area contributed by atoms with E-state index in [1.54, 1.807) is 6.07 Å². The van der Waals surface area contributed by atoms with Crippen LogP contribution in [0.15, 0.2) is 39.5 Å². The highest BCUT2D eigenvalue weighted by molar-refractivity contribution is 5.80. The molecule has 27 heavy (non-hydrogen) atoms. The SMILES string of the molecule is CN(C)c1ccc2nc3c(=O)cc(N4CCN(CCO)CC4)cc-3oc2c1. The summed E-state index contributed by atoms with van der Waals surface area (Å²) in [6.45, 7) is 4.23. The molecule has 0 amide bonds. The highest BCUT2D eigenvalue weighted by atomic mass is 16.3. The van der Waals surface area contributed by atoms with Crippen LogP contribution >= 0.6 is 0 Å². The van der Waals surface area contributed by atoms with Crippen molar-refractivity contribution in [2.24, 2.45) is 0 Å². The summed E-state index contributed by atoms with van der Waals surface area (Å²) in [7, 11) is 3.94. The molecule has 7 nitrogen and oxygen atoms in total. The second kappa shape index (κ2) is 7.17. The number of nitrogens with zero attached hydrogens (tertiary/aromatic N) is 4. The number of aromatic nitrogens is 1. The van der Waals surface area contributed by atoms with Crippen LogP contribution in [0.4, 0.5) is 11.4 Å². The number of benzene rings is 2. The molecule has 3 aliphatic rings. The fourth-order valence-electron chi connectivity index (χ4n) is 3.50. The Morgan fingerprint density at radius 2 is 1.93 bits per heavy atom. The van der Waals surface area contributed by atoms with Crippen molar-refractivity contribution < 1.29 is 9.52 Å². The first-order chi connectivity index (χ1) is 13.0. The van der Waals surface area contributed by atoms with Crippen LogP contribution in [0.2, 0.25) is 0 Å². The summed E-state index contributed by atoms with van der Waals surface area (Å²) in [5, 5.41) is 9.08. The first-order valence-corrected chi connectivity index (χ1v) is 9.19. The van der Waals surface area contributed by atoms with E-state index in [0.717, 1.165) is 37.6 Å². The molecule has 1 aromatic carbocycles. The van der Waals surface area contributed by atoms with Gasteiger partial charge in [-0.05, 0) is 12.1 Å². The summed E-state index contributed by atoms with van der Waals surface area (Å²) in [4.78, 5) is 23.6. The average molecular weight is 368 g/mol. The van der Waals surface area contributed by atoms with Gasteiger partial charge in [0.1, 0.15) is 5.52 Å². The highest BCUT2D eigenvalue weighted by Crippen LogP contribution is 2.28. The standard InChI is InChI=1S/C20H24N4O3/c1-22(2)14-3-4-16-18(12-14)27-19-13-15(11-17(26)20(19)21-16)24-7-5-23(6-8-24)9-10-25/h3-4,11-13,25H,5-10H2,1-2H3. The van der Waals surface area contributed by atoms with Gasteiger partial charge in [-0.15, -0.1) is 0 Å². The molecule has 0 spiro atoms. The number of hydrogen-bond acceptors (Lipinski definition) is 7. The molecule has 142 valence electrons. The Balaban J connectivity index is 1.71. The van der Waals surface area contributed by atoms with E-state index in [4.69, 9.17) is 9.52 Å². The highest BCUT2D eigenvalue weighted by Gasteiger charge is 2.21. The average Bonchev–Trinajstić information content (AvgIpc) is 2.67. The van der Waals surface area contributed by atoms with E-state index in [-0.39, 0.29) is 12.0 Å². The smallest absolute Gasteiger partial charge is 0.210 e. The van der Waals surface area contributed by atoms with E-state index in [0.29, 0.717) is 29.1 Å². The quantitative estimate of drug-likeness (QED) is 0.699. The first-order valence-electron chi connectivity index (χ1n) is 9.19. The number of rotatable bonds is 4. The van der Waals surface area contributed by atoms with Crippen LogP contribution in [0.25, 0.3) is 22.6 Å². The third kappa shape index (κ3) is 3.48. The number of aliphatic hydroxyl groups excluding tert-OH is 1. The van der Waals surface area contributed by atoms with E-state index in [2.05, 4.69) is 14.8 Å². The summed E-state index contributed by atoms with van der Waals surface area (Å²) >= 11 is 0. The van der Waals surface area contributed by atoms with E-state index < -0.39 is 0 Å². The summed E-state index contributed by atoms with van der Waals surface area (Å²) < 4.78 is 6.05. The van der Waals surface area contributed by atoms with E-state index in [1.165, 1.54) is 0 Å². The molecule has 4 rings (SSSR count). The van der Waals surface area contributed by atoms with Gasteiger partial charge in [0.15, 0.2) is 17.0 Å². The maximum absolute atomic E-state index is 12.6. The third-order valence-electron chi connectivity index (χ3n) is 5.09. The molecule has 0 atom stereocenters. The van der Waals surface area contributed by atoms with Gasteiger partial charge >= 0.3 is 0 Å². The predicted octanol–water partition coefficient (Wildman–Crippen LogP) is 1.47. The van der Waals surface area contributed by atoms with Crippen molar-refractivity contribution in [2.75, 3.05) is 63.2 Å².